The van der Waals surface area contributed by atoms with Crippen LogP contribution in [0.3, 0.4) is 0 Å². The fraction of sp³-hybridized carbons (Fsp3) is 0.324. The van der Waals surface area contributed by atoms with Crippen molar-refractivity contribution in [3.05, 3.63) is 82.7 Å². The standard InChI is InChI=1S/C34H23Cl2F5N2O7/c35-33-12-18-15(9-10-16-20(18)30(48)42(29(16)47)11-3-6-19(44)45)21(17-8-7-13-4-1-2-5-14(13)28(17)46)34(33,36)32(50)43(31(33)49)27-25(40)23(38)22(37)24(39)26(27)41/h1-2,4-5,7-9,16,18,20-21,46H,3,6,10-12H2,(H,44,45). The van der Waals surface area contributed by atoms with Gasteiger partial charge in [-0.1, -0.05) is 48.0 Å². The van der Waals surface area contributed by atoms with Crippen LogP contribution in [0.5, 0.6) is 5.75 Å². The number of phenols is 1. The summed E-state index contributed by atoms with van der Waals surface area (Å²) in [7, 11) is 0. The van der Waals surface area contributed by atoms with Gasteiger partial charge in [0.05, 0.1) is 11.8 Å². The summed E-state index contributed by atoms with van der Waals surface area (Å²) in [6.07, 6.45) is 0.323. The normalized spacial score (nSPS) is 29.0. The summed E-state index contributed by atoms with van der Waals surface area (Å²) in [5.74, 6) is -23.7. The molecule has 3 aromatic rings. The Hall–Kier alpha value is -4.56. The van der Waals surface area contributed by atoms with Crippen molar-refractivity contribution in [2.45, 2.75) is 41.3 Å². The fourth-order valence-electron chi connectivity index (χ4n) is 8.09. The van der Waals surface area contributed by atoms with Crippen LogP contribution in [0, 0.1) is 46.8 Å². The van der Waals surface area contributed by atoms with Crippen LogP contribution in [0.2, 0.25) is 0 Å². The average Bonchev–Trinajstić information content (AvgIpc) is 3.41. The maximum atomic E-state index is 15.2. The number of alkyl halides is 2. The third-order valence-electron chi connectivity index (χ3n) is 10.3. The van der Waals surface area contributed by atoms with E-state index in [1.165, 1.54) is 18.2 Å². The van der Waals surface area contributed by atoms with E-state index in [-0.39, 0.29) is 47.2 Å². The van der Waals surface area contributed by atoms with E-state index in [0.717, 1.165) is 4.90 Å². The molecule has 0 bridgehead atoms. The maximum absolute atomic E-state index is 15.2. The molecule has 50 heavy (non-hydrogen) atoms. The van der Waals surface area contributed by atoms with Crippen LogP contribution in [0.1, 0.15) is 37.2 Å². The molecule has 3 aromatic carbocycles. The number of carbonyl (C=O) groups is 5. The van der Waals surface area contributed by atoms with Crippen molar-refractivity contribution >= 4 is 69.3 Å². The van der Waals surface area contributed by atoms with Crippen molar-refractivity contribution in [2.75, 3.05) is 11.4 Å². The Labute approximate surface area is 288 Å². The van der Waals surface area contributed by atoms with E-state index in [9.17, 15) is 42.3 Å². The molecule has 2 aliphatic carbocycles. The molecule has 4 aliphatic rings. The molecule has 16 heteroatoms. The molecule has 4 amide bonds. The van der Waals surface area contributed by atoms with Crippen LogP contribution < -0.4 is 4.90 Å². The van der Waals surface area contributed by atoms with Crippen molar-refractivity contribution in [3.63, 3.8) is 0 Å². The van der Waals surface area contributed by atoms with Gasteiger partial charge < -0.3 is 10.2 Å². The fourth-order valence-corrected chi connectivity index (χ4v) is 9.02. The molecular formula is C34H23Cl2F5N2O7. The molecule has 2 saturated heterocycles. The number of allylic oxidation sites excluding steroid dienone is 2. The van der Waals surface area contributed by atoms with Gasteiger partial charge in [0.25, 0.3) is 11.8 Å². The summed E-state index contributed by atoms with van der Waals surface area (Å²) < 4.78 is 73.3. The second-order valence-electron chi connectivity index (χ2n) is 12.7. The molecule has 2 heterocycles. The van der Waals surface area contributed by atoms with Crippen molar-refractivity contribution < 1.29 is 56.1 Å². The number of aromatic hydroxyl groups is 1. The van der Waals surface area contributed by atoms with E-state index >= 15 is 8.78 Å². The smallest absolute Gasteiger partial charge is 0.303 e. The summed E-state index contributed by atoms with van der Waals surface area (Å²) in [5, 5.41) is 21.5. The minimum atomic E-state index is -2.78. The average molecular weight is 737 g/mol. The quantitative estimate of drug-likeness (QED) is 0.0833. The van der Waals surface area contributed by atoms with E-state index in [4.69, 9.17) is 28.3 Å². The minimum absolute atomic E-state index is 0.0567. The monoisotopic (exact) mass is 736 g/mol. The molecule has 2 N–H and O–H groups in total. The first-order valence-electron chi connectivity index (χ1n) is 15.3. The molecule has 3 fully saturated rings. The lowest BCUT2D eigenvalue weighted by Crippen LogP contribution is -2.60. The lowest BCUT2D eigenvalue weighted by Gasteiger charge is -2.50. The lowest BCUT2D eigenvalue weighted by molar-refractivity contribution is -0.142. The number of halogens is 7. The Balaban J connectivity index is 1.44. The van der Waals surface area contributed by atoms with Gasteiger partial charge in [-0.15, -0.1) is 23.2 Å². The van der Waals surface area contributed by atoms with Crippen LogP contribution in [0.15, 0.2) is 48.0 Å². The zero-order chi connectivity index (χ0) is 36.2. The van der Waals surface area contributed by atoms with Gasteiger partial charge >= 0.3 is 5.97 Å². The number of hydrogen-bond acceptors (Lipinski definition) is 6. The second kappa shape index (κ2) is 11.5. The van der Waals surface area contributed by atoms with Crippen molar-refractivity contribution in [1.82, 2.24) is 4.90 Å². The number of benzene rings is 3. The summed E-state index contributed by atoms with van der Waals surface area (Å²) in [5.41, 5.74) is -1.83. The maximum Gasteiger partial charge on any atom is 0.303 e. The van der Waals surface area contributed by atoms with Crippen LogP contribution in [-0.2, 0) is 24.0 Å². The third kappa shape index (κ3) is 4.33. The number of imide groups is 2. The molecule has 1 saturated carbocycles. The molecule has 7 rings (SSSR count). The molecule has 9 nitrogen and oxygen atoms in total. The minimum Gasteiger partial charge on any atom is -0.507 e. The van der Waals surface area contributed by atoms with Crippen molar-refractivity contribution in [2.24, 2.45) is 17.8 Å². The highest BCUT2D eigenvalue weighted by molar-refractivity contribution is 6.58. The van der Waals surface area contributed by atoms with Gasteiger partial charge in [-0.25, -0.2) is 26.9 Å². The number of anilines is 1. The van der Waals surface area contributed by atoms with Gasteiger partial charge in [-0.05, 0) is 30.6 Å². The van der Waals surface area contributed by atoms with E-state index in [2.05, 4.69) is 0 Å². The summed E-state index contributed by atoms with van der Waals surface area (Å²) in [4.78, 5) is 62.2. The van der Waals surface area contributed by atoms with Gasteiger partial charge in [0.1, 0.15) is 11.4 Å². The number of nitrogens with zero attached hydrogens (tertiary/aromatic N) is 2. The predicted molar refractivity (Wildman–Crippen MR) is 166 cm³/mol. The summed E-state index contributed by atoms with van der Waals surface area (Å²) in [6, 6.07) is 9.39. The first kappa shape index (κ1) is 33.9. The highest BCUT2D eigenvalue weighted by Crippen LogP contribution is 2.67. The molecule has 2 aliphatic heterocycles. The van der Waals surface area contributed by atoms with Gasteiger partial charge in [0.15, 0.2) is 33.0 Å². The van der Waals surface area contributed by atoms with Gasteiger partial charge in [0, 0.05) is 29.8 Å². The van der Waals surface area contributed by atoms with E-state index in [1.54, 1.807) is 24.3 Å². The number of amides is 4. The number of carboxylic acids is 1. The zero-order valence-corrected chi connectivity index (χ0v) is 26.9. The molecule has 0 aromatic heterocycles. The van der Waals surface area contributed by atoms with Crippen LogP contribution >= 0.6 is 23.2 Å². The Bertz CT molecular complexity index is 2100. The molecule has 260 valence electrons. The van der Waals surface area contributed by atoms with Gasteiger partial charge in [0.2, 0.25) is 17.6 Å². The SMILES string of the molecule is O=C(O)CCCN1C(=O)C2CC=C3C(CC4(Cl)C(=O)N(c5c(F)c(F)c(F)c(F)c5F)C(=O)C4(Cl)C3c3ccc4ccccc4c3O)C2C1=O. The first-order valence-corrected chi connectivity index (χ1v) is 16.1. The molecular weight excluding hydrogens is 714 g/mol. The number of carbonyl (C=O) groups excluding carboxylic acids is 4. The van der Waals surface area contributed by atoms with E-state index in [1.807, 2.05) is 0 Å². The summed E-state index contributed by atoms with van der Waals surface area (Å²) >= 11 is 14.2. The predicted octanol–water partition coefficient (Wildman–Crippen LogP) is 5.67. The number of carboxylic acid groups (broad SMARTS) is 1. The molecule has 0 spiro atoms. The van der Waals surface area contributed by atoms with Gasteiger partial charge in [-0.3, -0.25) is 28.9 Å². The lowest BCUT2D eigenvalue weighted by atomic mass is 9.56. The Morgan fingerprint density at radius 3 is 2.16 bits per heavy atom. The third-order valence-corrected chi connectivity index (χ3v) is 11.7. The number of likely N-dealkylation sites (tertiary alicyclic amines) is 1. The number of aliphatic carboxylic acids is 1. The number of phenolic OH excluding ortho intramolecular Hbond substituents is 1. The van der Waals surface area contributed by atoms with E-state index in [0.29, 0.717) is 5.39 Å². The summed E-state index contributed by atoms with van der Waals surface area (Å²) in [6.45, 7) is -0.231. The van der Waals surface area contributed by atoms with Crippen LogP contribution in [-0.4, -0.2) is 61.0 Å². The molecule has 6 atom stereocenters. The largest absolute Gasteiger partial charge is 0.507 e. The highest BCUT2D eigenvalue weighted by Gasteiger charge is 2.77. The van der Waals surface area contributed by atoms with E-state index < -0.39 is 110 Å². The zero-order valence-electron chi connectivity index (χ0n) is 25.4. The van der Waals surface area contributed by atoms with Crippen molar-refractivity contribution in [3.8, 4) is 5.75 Å². The second-order valence-corrected chi connectivity index (χ2v) is 14.0. The van der Waals surface area contributed by atoms with Crippen LogP contribution in [0.4, 0.5) is 27.6 Å². The highest BCUT2D eigenvalue weighted by atomic mass is 35.5. The Morgan fingerprint density at radius 2 is 1.50 bits per heavy atom. The number of fused-ring (bicyclic) bond motifs is 5. The van der Waals surface area contributed by atoms with Crippen LogP contribution in [0.25, 0.3) is 10.8 Å². The first-order chi connectivity index (χ1) is 23.6. The Kier molecular flexibility index (Phi) is 7.79. The topological polar surface area (TPSA) is 132 Å². The Morgan fingerprint density at radius 1 is 0.860 bits per heavy atom. The number of rotatable bonds is 6. The van der Waals surface area contributed by atoms with Gasteiger partial charge in [-0.2, -0.15) is 0 Å². The van der Waals surface area contributed by atoms with Crippen molar-refractivity contribution in [1.29, 1.82) is 0 Å². The molecule has 6 unspecified atom stereocenters. The molecule has 0 radical (unpaired) electrons. The number of hydrogen-bond donors (Lipinski definition) is 2.